The SMILES string of the molecule is CN(C)S(=O)(=O)N1CCC(n2nc(-c3ccccc3)ccc2=O)CC1. The smallest absolute Gasteiger partial charge is 0.268 e. The molecule has 0 atom stereocenters. The van der Waals surface area contributed by atoms with Crippen molar-refractivity contribution in [1.82, 2.24) is 18.4 Å². The zero-order valence-corrected chi connectivity index (χ0v) is 15.2. The quantitative estimate of drug-likeness (QED) is 0.823. The number of aromatic nitrogens is 2. The molecule has 0 unspecified atom stereocenters. The summed E-state index contributed by atoms with van der Waals surface area (Å²) in [5, 5.41) is 4.51. The zero-order chi connectivity index (χ0) is 18.0. The molecular formula is C17H22N4O3S. The molecule has 0 spiro atoms. The van der Waals surface area contributed by atoms with E-state index in [-0.39, 0.29) is 11.6 Å². The average Bonchev–Trinajstić information content (AvgIpc) is 2.63. The maximum atomic E-state index is 12.2. The Bertz CT molecular complexity index is 886. The largest absolute Gasteiger partial charge is 0.281 e. The Morgan fingerprint density at radius 2 is 1.68 bits per heavy atom. The fraction of sp³-hybridized carbons (Fsp3) is 0.412. The fourth-order valence-corrected chi connectivity index (χ4v) is 4.13. The van der Waals surface area contributed by atoms with Crippen molar-refractivity contribution in [3.05, 3.63) is 52.8 Å². The van der Waals surface area contributed by atoms with Gasteiger partial charge in [-0.25, -0.2) is 4.68 Å². The molecule has 25 heavy (non-hydrogen) atoms. The number of hydrogen-bond donors (Lipinski definition) is 0. The van der Waals surface area contributed by atoms with Gasteiger partial charge >= 0.3 is 0 Å². The van der Waals surface area contributed by atoms with Crippen LogP contribution in [0.3, 0.4) is 0 Å². The Morgan fingerprint density at radius 3 is 2.28 bits per heavy atom. The Labute approximate surface area is 147 Å². The molecule has 0 aliphatic carbocycles. The third-order valence-electron chi connectivity index (χ3n) is 4.45. The molecule has 1 fully saturated rings. The minimum atomic E-state index is -3.41. The van der Waals surface area contributed by atoms with Gasteiger partial charge in [-0.2, -0.15) is 22.1 Å². The molecule has 1 aromatic carbocycles. The van der Waals surface area contributed by atoms with Gasteiger partial charge in [-0.05, 0) is 18.9 Å². The van der Waals surface area contributed by atoms with Gasteiger partial charge in [-0.3, -0.25) is 4.79 Å². The summed E-state index contributed by atoms with van der Waals surface area (Å²) in [5.74, 6) is 0. The summed E-state index contributed by atoms with van der Waals surface area (Å²) in [6.45, 7) is 0.768. The van der Waals surface area contributed by atoms with Crippen LogP contribution in [0.25, 0.3) is 11.3 Å². The molecule has 1 saturated heterocycles. The molecule has 0 bridgehead atoms. The summed E-state index contributed by atoms with van der Waals surface area (Å²) in [6.07, 6.45) is 1.14. The van der Waals surface area contributed by atoms with Gasteiger partial charge in [0.15, 0.2) is 0 Å². The lowest BCUT2D eigenvalue weighted by Gasteiger charge is -2.33. The van der Waals surface area contributed by atoms with Gasteiger partial charge in [0.1, 0.15) is 0 Å². The molecule has 0 amide bonds. The lowest BCUT2D eigenvalue weighted by molar-refractivity contribution is 0.247. The normalized spacial score (nSPS) is 17.1. The molecule has 0 saturated carbocycles. The average molecular weight is 362 g/mol. The lowest BCUT2D eigenvalue weighted by atomic mass is 10.1. The third kappa shape index (κ3) is 3.65. The monoisotopic (exact) mass is 362 g/mol. The van der Waals surface area contributed by atoms with Crippen molar-refractivity contribution in [1.29, 1.82) is 0 Å². The Balaban J connectivity index is 1.81. The van der Waals surface area contributed by atoms with Gasteiger partial charge in [0.2, 0.25) is 0 Å². The van der Waals surface area contributed by atoms with Gasteiger partial charge in [0.25, 0.3) is 15.8 Å². The molecular weight excluding hydrogens is 340 g/mol. The van der Waals surface area contributed by atoms with Gasteiger partial charge < -0.3 is 0 Å². The molecule has 3 rings (SSSR count). The molecule has 0 radical (unpaired) electrons. The molecule has 2 heterocycles. The van der Waals surface area contributed by atoms with Crippen LogP contribution in [0.15, 0.2) is 47.3 Å². The van der Waals surface area contributed by atoms with Crippen molar-refractivity contribution in [2.75, 3.05) is 27.2 Å². The maximum absolute atomic E-state index is 12.2. The highest BCUT2D eigenvalue weighted by atomic mass is 32.2. The highest BCUT2D eigenvalue weighted by Crippen LogP contribution is 2.24. The molecule has 1 aromatic heterocycles. The summed E-state index contributed by atoms with van der Waals surface area (Å²) < 4.78 is 28.6. The summed E-state index contributed by atoms with van der Waals surface area (Å²) in [7, 11) is -0.359. The van der Waals surface area contributed by atoms with Crippen LogP contribution in [-0.4, -0.2) is 54.0 Å². The van der Waals surface area contributed by atoms with E-state index in [2.05, 4.69) is 5.10 Å². The summed E-state index contributed by atoms with van der Waals surface area (Å²) >= 11 is 0. The molecule has 1 aliphatic heterocycles. The van der Waals surface area contributed by atoms with Crippen LogP contribution in [0.4, 0.5) is 0 Å². The predicted octanol–water partition coefficient (Wildman–Crippen LogP) is 1.35. The Morgan fingerprint density at radius 1 is 1.04 bits per heavy atom. The highest BCUT2D eigenvalue weighted by Gasteiger charge is 2.30. The van der Waals surface area contributed by atoms with Crippen LogP contribution in [0.2, 0.25) is 0 Å². The molecule has 1 aliphatic rings. The Hall–Kier alpha value is -2.03. The van der Waals surface area contributed by atoms with Crippen LogP contribution < -0.4 is 5.56 Å². The fourth-order valence-electron chi connectivity index (χ4n) is 3.00. The summed E-state index contributed by atoms with van der Waals surface area (Å²) in [6, 6.07) is 12.8. The van der Waals surface area contributed by atoms with Crippen molar-refractivity contribution >= 4 is 10.2 Å². The van der Waals surface area contributed by atoms with E-state index < -0.39 is 10.2 Å². The van der Waals surface area contributed by atoms with E-state index in [0.717, 1.165) is 11.3 Å². The molecule has 8 heteroatoms. The first-order valence-corrected chi connectivity index (χ1v) is 9.62. The van der Waals surface area contributed by atoms with E-state index in [1.807, 2.05) is 30.3 Å². The minimum Gasteiger partial charge on any atom is -0.268 e. The van der Waals surface area contributed by atoms with Crippen LogP contribution in [0, 0.1) is 0 Å². The van der Waals surface area contributed by atoms with Crippen molar-refractivity contribution < 1.29 is 8.42 Å². The molecule has 2 aromatic rings. The van der Waals surface area contributed by atoms with E-state index in [1.165, 1.54) is 33.5 Å². The predicted molar refractivity (Wildman–Crippen MR) is 96.4 cm³/mol. The van der Waals surface area contributed by atoms with E-state index in [0.29, 0.717) is 25.9 Å². The summed E-state index contributed by atoms with van der Waals surface area (Å²) in [5.41, 5.74) is 1.53. The first-order chi connectivity index (χ1) is 11.9. The van der Waals surface area contributed by atoms with E-state index >= 15 is 0 Å². The van der Waals surface area contributed by atoms with Crippen molar-refractivity contribution in [3.8, 4) is 11.3 Å². The van der Waals surface area contributed by atoms with E-state index in [9.17, 15) is 13.2 Å². The maximum Gasteiger partial charge on any atom is 0.281 e. The standard InChI is InChI=1S/C17H22N4O3S/c1-19(2)25(23,24)20-12-10-15(11-13-20)21-17(22)9-8-16(18-21)14-6-4-3-5-7-14/h3-9,15H,10-13H2,1-2H3. The minimum absolute atomic E-state index is 0.0928. The second kappa shape index (κ2) is 7.07. The van der Waals surface area contributed by atoms with Crippen molar-refractivity contribution in [3.63, 3.8) is 0 Å². The zero-order valence-electron chi connectivity index (χ0n) is 14.4. The molecule has 0 N–H and O–H groups in total. The van der Waals surface area contributed by atoms with Gasteiger partial charge in [-0.1, -0.05) is 30.3 Å². The van der Waals surface area contributed by atoms with Crippen LogP contribution in [0.1, 0.15) is 18.9 Å². The third-order valence-corrected chi connectivity index (χ3v) is 6.39. The first-order valence-electron chi connectivity index (χ1n) is 8.22. The second-order valence-corrected chi connectivity index (χ2v) is 8.43. The number of benzene rings is 1. The number of nitrogens with zero attached hydrogens (tertiary/aromatic N) is 4. The number of rotatable bonds is 4. The van der Waals surface area contributed by atoms with Gasteiger partial charge in [0.05, 0.1) is 11.7 Å². The molecule has 134 valence electrons. The highest BCUT2D eigenvalue weighted by molar-refractivity contribution is 7.86. The lowest BCUT2D eigenvalue weighted by Crippen LogP contribution is -2.45. The first kappa shape index (κ1) is 17.8. The van der Waals surface area contributed by atoms with Crippen molar-refractivity contribution in [2.24, 2.45) is 0 Å². The van der Waals surface area contributed by atoms with E-state index in [1.54, 1.807) is 6.07 Å². The number of piperidine rings is 1. The summed E-state index contributed by atoms with van der Waals surface area (Å²) in [4.78, 5) is 12.2. The van der Waals surface area contributed by atoms with Crippen LogP contribution in [0.5, 0.6) is 0 Å². The van der Waals surface area contributed by atoms with Gasteiger partial charge in [0, 0.05) is 38.8 Å². The van der Waals surface area contributed by atoms with E-state index in [4.69, 9.17) is 0 Å². The topological polar surface area (TPSA) is 75.5 Å². The number of hydrogen-bond acceptors (Lipinski definition) is 4. The Kier molecular flexibility index (Phi) is 5.03. The van der Waals surface area contributed by atoms with Gasteiger partial charge in [-0.15, -0.1) is 0 Å². The van der Waals surface area contributed by atoms with Crippen molar-refractivity contribution in [2.45, 2.75) is 18.9 Å². The molecule has 7 nitrogen and oxygen atoms in total. The van der Waals surface area contributed by atoms with Crippen LogP contribution in [-0.2, 0) is 10.2 Å². The van der Waals surface area contributed by atoms with Crippen LogP contribution >= 0.6 is 0 Å². The second-order valence-electron chi connectivity index (χ2n) is 6.29.